The highest BCUT2D eigenvalue weighted by atomic mass is 19.4. The van der Waals surface area contributed by atoms with Gasteiger partial charge in [-0.3, -0.25) is 4.90 Å². The molecule has 1 aliphatic heterocycles. The van der Waals surface area contributed by atoms with Gasteiger partial charge in [0.15, 0.2) is 0 Å². The van der Waals surface area contributed by atoms with Crippen LogP contribution in [0.15, 0.2) is 11.6 Å². The number of halogens is 3. The fourth-order valence-electron chi connectivity index (χ4n) is 1.42. The van der Waals surface area contributed by atoms with Crippen LogP contribution in [0.2, 0.25) is 0 Å². The van der Waals surface area contributed by atoms with E-state index in [-0.39, 0.29) is 0 Å². The second-order valence-electron chi connectivity index (χ2n) is 3.68. The molecule has 0 aromatic heterocycles. The van der Waals surface area contributed by atoms with Gasteiger partial charge in [-0.15, -0.1) is 0 Å². The molecular weight excluding hydrogens is 179 g/mol. The number of rotatable bonds is 2. The van der Waals surface area contributed by atoms with Gasteiger partial charge in [-0.1, -0.05) is 6.08 Å². The molecule has 0 N–H and O–H groups in total. The molecule has 0 radical (unpaired) electrons. The zero-order chi connectivity index (χ0) is 10.1. The van der Waals surface area contributed by atoms with Crippen LogP contribution >= 0.6 is 0 Å². The maximum atomic E-state index is 12.0. The summed E-state index contributed by atoms with van der Waals surface area (Å²) in [5.41, 5.74) is 0.501. The number of alkyl halides is 3. The minimum Gasteiger partial charge on any atom is -0.293 e. The standard InChI is InChI=1S/C9H14F3N/c1-7(2)13-4-3-8(6-13)5-9(10,11)12/h3,7H,4-6H2,1-2H3. The van der Waals surface area contributed by atoms with Crippen LogP contribution in [0.4, 0.5) is 13.2 Å². The van der Waals surface area contributed by atoms with Crippen molar-refractivity contribution >= 4 is 0 Å². The Balaban J connectivity index is 2.41. The lowest BCUT2D eigenvalue weighted by Crippen LogP contribution is -2.29. The van der Waals surface area contributed by atoms with E-state index in [4.69, 9.17) is 0 Å². The quantitative estimate of drug-likeness (QED) is 0.609. The molecule has 0 unspecified atom stereocenters. The third-order valence-corrected chi connectivity index (χ3v) is 2.18. The number of hydrogen-bond acceptors (Lipinski definition) is 1. The van der Waals surface area contributed by atoms with Gasteiger partial charge in [0.2, 0.25) is 0 Å². The summed E-state index contributed by atoms with van der Waals surface area (Å²) in [5.74, 6) is 0. The van der Waals surface area contributed by atoms with Crippen LogP contribution in [0.25, 0.3) is 0 Å². The smallest absolute Gasteiger partial charge is 0.293 e. The third kappa shape index (κ3) is 3.38. The highest BCUT2D eigenvalue weighted by Gasteiger charge is 2.31. The topological polar surface area (TPSA) is 3.24 Å². The molecule has 0 aliphatic carbocycles. The van der Waals surface area contributed by atoms with Crippen LogP contribution in [0.3, 0.4) is 0 Å². The van der Waals surface area contributed by atoms with Gasteiger partial charge < -0.3 is 0 Å². The van der Waals surface area contributed by atoms with Gasteiger partial charge in [-0.2, -0.15) is 13.2 Å². The molecule has 0 bridgehead atoms. The second kappa shape index (κ2) is 3.70. The summed E-state index contributed by atoms with van der Waals surface area (Å²) in [7, 11) is 0. The molecule has 4 heteroatoms. The van der Waals surface area contributed by atoms with E-state index in [2.05, 4.69) is 0 Å². The predicted molar refractivity (Wildman–Crippen MR) is 45.5 cm³/mol. The van der Waals surface area contributed by atoms with E-state index >= 15 is 0 Å². The molecule has 76 valence electrons. The van der Waals surface area contributed by atoms with Crippen LogP contribution in [0.1, 0.15) is 20.3 Å². The summed E-state index contributed by atoms with van der Waals surface area (Å²) in [6.45, 7) is 5.11. The van der Waals surface area contributed by atoms with Crippen molar-refractivity contribution in [3.63, 3.8) is 0 Å². The summed E-state index contributed by atoms with van der Waals surface area (Å²) in [6, 6.07) is 0.321. The van der Waals surface area contributed by atoms with Crippen molar-refractivity contribution in [1.82, 2.24) is 4.90 Å². The fraction of sp³-hybridized carbons (Fsp3) is 0.778. The third-order valence-electron chi connectivity index (χ3n) is 2.18. The average Bonchev–Trinajstić information content (AvgIpc) is 2.31. The summed E-state index contributed by atoms with van der Waals surface area (Å²) in [4.78, 5) is 2.01. The van der Waals surface area contributed by atoms with E-state index in [0.29, 0.717) is 24.7 Å². The van der Waals surface area contributed by atoms with E-state index in [1.54, 1.807) is 6.08 Å². The Morgan fingerprint density at radius 3 is 2.46 bits per heavy atom. The van der Waals surface area contributed by atoms with Gasteiger partial charge in [-0.25, -0.2) is 0 Å². The van der Waals surface area contributed by atoms with Crippen molar-refractivity contribution in [3.8, 4) is 0 Å². The van der Waals surface area contributed by atoms with Crippen LogP contribution in [-0.4, -0.2) is 30.2 Å². The first-order chi connectivity index (χ1) is 5.88. The lowest BCUT2D eigenvalue weighted by Gasteiger charge is -2.20. The summed E-state index contributed by atoms with van der Waals surface area (Å²) in [6.07, 6.45) is -3.12. The Bertz CT molecular complexity index is 205. The lowest BCUT2D eigenvalue weighted by atomic mass is 10.2. The van der Waals surface area contributed by atoms with Crippen molar-refractivity contribution in [3.05, 3.63) is 11.6 Å². The van der Waals surface area contributed by atoms with Gasteiger partial charge >= 0.3 is 6.18 Å². The van der Waals surface area contributed by atoms with Gasteiger partial charge in [0.1, 0.15) is 0 Å². The van der Waals surface area contributed by atoms with Crippen LogP contribution in [-0.2, 0) is 0 Å². The molecule has 0 spiro atoms. The van der Waals surface area contributed by atoms with E-state index < -0.39 is 12.6 Å². The molecule has 0 aromatic carbocycles. The molecule has 13 heavy (non-hydrogen) atoms. The van der Waals surface area contributed by atoms with Crippen LogP contribution in [0, 0.1) is 0 Å². The first kappa shape index (κ1) is 10.6. The van der Waals surface area contributed by atoms with Gasteiger partial charge in [0.05, 0.1) is 6.42 Å². The van der Waals surface area contributed by atoms with Crippen molar-refractivity contribution in [2.24, 2.45) is 0 Å². The maximum absolute atomic E-state index is 12.0. The Kier molecular flexibility index (Phi) is 3.01. The number of nitrogens with zero attached hydrogens (tertiary/aromatic N) is 1. The minimum absolute atomic E-state index is 0.321. The summed E-state index contributed by atoms with van der Waals surface area (Å²) >= 11 is 0. The molecule has 0 saturated heterocycles. The van der Waals surface area contributed by atoms with Crippen LogP contribution in [0.5, 0.6) is 0 Å². The van der Waals surface area contributed by atoms with E-state index in [0.717, 1.165) is 0 Å². The Labute approximate surface area is 76.2 Å². The predicted octanol–water partition coefficient (Wildman–Crippen LogP) is 2.59. The molecule has 1 nitrogen and oxygen atoms in total. The largest absolute Gasteiger partial charge is 0.392 e. The molecular formula is C9H14F3N. The average molecular weight is 193 g/mol. The molecule has 0 fully saturated rings. The molecule has 1 rings (SSSR count). The van der Waals surface area contributed by atoms with E-state index in [9.17, 15) is 13.2 Å². The zero-order valence-electron chi connectivity index (χ0n) is 7.86. The molecule has 0 atom stereocenters. The van der Waals surface area contributed by atoms with Crippen molar-refractivity contribution in [2.45, 2.75) is 32.5 Å². The van der Waals surface area contributed by atoms with Crippen LogP contribution < -0.4 is 0 Å². The molecule has 0 saturated carbocycles. The highest BCUT2D eigenvalue weighted by molar-refractivity contribution is 5.13. The van der Waals surface area contributed by atoms with Gasteiger partial charge in [0, 0.05) is 19.1 Å². The van der Waals surface area contributed by atoms with E-state index in [1.807, 2.05) is 18.7 Å². The zero-order valence-corrected chi connectivity index (χ0v) is 7.86. The lowest BCUT2D eigenvalue weighted by molar-refractivity contribution is -0.127. The minimum atomic E-state index is -4.06. The molecule has 1 heterocycles. The Hall–Kier alpha value is -0.510. The Morgan fingerprint density at radius 2 is 2.08 bits per heavy atom. The number of hydrogen-bond donors (Lipinski definition) is 0. The second-order valence-corrected chi connectivity index (χ2v) is 3.68. The molecule has 0 aromatic rings. The van der Waals surface area contributed by atoms with E-state index in [1.165, 1.54) is 0 Å². The SMILES string of the molecule is CC(C)N1CC=C(CC(F)(F)F)C1. The molecule has 1 aliphatic rings. The van der Waals surface area contributed by atoms with Crippen molar-refractivity contribution in [1.29, 1.82) is 0 Å². The summed E-state index contributed by atoms with van der Waals surface area (Å²) in [5, 5.41) is 0. The monoisotopic (exact) mass is 193 g/mol. The maximum Gasteiger partial charge on any atom is 0.392 e. The van der Waals surface area contributed by atoms with Crippen molar-refractivity contribution < 1.29 is 13.2 Å². The Morgan fingerprint density at radius 1 is 1.46 bits per heavy atom. The molecule has 0 amide bonds. The summed E-state index contributed by atoms with van der Waals surface area (Å²) < 4.78 is 35.9. The fourth-order valence-corrected chi connectivity index (χ4v) is 1.42. The normalized spacial score (nSPS) is 19.7. The van der Waals surface area contributed by atoms with Crippen molar-refractivity contribution in [2.75, 3.05) is 13.1 Å². The van der Waals surface area contributed by atoms with Gasteiger partial charge in [-0.05, 0) is 19.4 Å². The van der Waals surface area contributed by atoms with Gasteiger partial charge in [0.25, 0.3) is 0 Å². The highest BCUT2D eigenvalue weighted by Crippen LogP contribution is 2.27. The first-order valence-electron chi connectivity index (χ1n) is 4.37. The first-order valence-corrected chi connectivity index (χ1v) is 4.37.